The van der Waals surface area contributed by atoms with E-state index in [1.807, 2.05) is 11.7 Å². The molecule has 0 spiro atoms. The second-order valence-electron chi connectivity index (χ2n) is 4.66. The van der Waals surface area contributed by atoms with E-state index in [2.05, 4.69) is 10.4 Å². The van der Waals surface area contributed by atoms with E-state index in [1.165, 1.54) is 23.4 Å². The fourth-order valence-corrected chi connectivity index (χ4v) is 2.40. The molecule has 0 saturated carbocycles. The minimum Gasteiger partial charge on any atom is -0.487 e. The number of hydrogen-bond donors (Lipinski definition) is 1. The lowest BCUT2D eigenvalue weighted by atomic mass is 10.1. The lowest BCUT2D eigenvalue weighted by molar-refractivity contribution is 0.298. The molecule has 0 bridgehead atoms. The van der Waals surface area contributed by atoms with E-state index in [-0.39, 0.29) is 5.82 Å². The highest BCUT2D eigenvalue weighted by atomic mass is 19.1. The van der Waals surface area contributed by atoms with Crippen molar-refractivity contribution in [1.29, 1.82) is 0 Å². The van der Waals surface area contributed by atoms with Crippen LogP contribution in [-0.4, -0.2) is 16.3 Å². The fourth-order valence-electron chi connectivity index (χ4n) is 2.40. The zero-order chi connectivity index (χ0) is 13.2. The molecule has 19 heavy (non-hydrogen) atoms. The number of aryl methyl sites for hydroxylation is 1. The van der Waals surface area contributed by atoms with Crippen LogP contribution < -0.4 is 10.1 Å². The van der Waals surface area contributed by atoms with E-state index >= 15 is 0 Å². The van der Waals surface area contributed by atoms with E-state index in [0.29, 0.717) is 12.4 Å². The summed E-state index contributed by atoms with van der Waals surface area (Å²) in [5.41, 5.74) is 3.46. The Balaban J connectivity index is 1.75. The molecular weight excluding hydrogens is 245 g/mol. The Morgan fingerprint density at radius 1 is 1.37 bits per heavy atom. The quantitative estimate of drug-likeness (QED) is 0.915. The van der Waals surface area contributed by atoms with E-state index in [1.54, 1.807) is 12.1 Å². The Bertz CT molecular complexity index is 577. The molecule has 100 valence electrons. The lowest BCUT2D eigenvalue weighted by Crippen LogP contribution is -2.24. The highest BCUT2D eigenvalue weighted by molar-refractivity contribution is 5.29. The van der Waals surface area contributed by atoms with Crippen molar-refractivity contribution in [2.45, 2.75) is 19.6 Å². The maximum absolute atomic E-state index is 12.8. The summed E-state index contributed by atoms with van der Waals surface area (Å²) in [5.74, 6) is 0.399. The van der Waals surface area contributed by atoms with Gasteiger partial charge in [-0.2, -0.15) is 5.10 Å². The van der Waals surface area contributed by atoms with E-state index in [0.717, 1.165) is 25.2 Å². The molecule has 1 aliphatic heterocycles. The molecule has 0 aliphatic carbocycles. The predicted molar refractivity (Wildman–Crippen MR) is 69.4 cm³/mol. The van der Waals surface area contributed by atoms with Crippen LogP contribution in [0.2, 0.25) is 0 Å². The van der Waals surface area contributed by atoms with Gasteiger partial charge in [0.05, 0.1) is 0 Å². The largest absolute Gasteiger partial charge is 0.487 e. The number of hydrogen-bond acceptors (Lipinski definition) is 3. The van der Waals surface area contributed by atoms with Crippen molar-refractivity contribution in [2.75, 3.05) is 6.54 Å². The van der Waals surface area contributed by atoms with Crippen LogP contribution in [0.25, 0.3) is 0 Å². The molecule has 2 heterocycles. The number of halogens is 1. The molecule has 0 amide bonds. The topological polar surface area (TPSA) is 39.1 Å². The number of nitrogens with zero attached hydrogens (tertiary/aromatic N) is 2. The number of rotatable bonds is 3. The first-order chi connectivity index (χ1) is 9.24. The van der Waals surface area contributed by atoms with Gasteiger partial charge in [-0.15, -0.1) is 0 Å². The van der Waals surface area contributed by atoms with Crippen molar-refractivity contribution in [3.05, 3.63) is 47.0 Å². The van der Waals surface area contributed by atoms with Crippen LogP contribution in [0.4, 0.5) is 4.39 Å². The molecule has 5 heteroatoms. The second-order valence-corrected chi connectivity index (χ2v) is 4.66. The van der Waals surface area contributed by atoms with Crippen LogP contribution in [0, 0.1) is 5.82 Å². The van der Waals surface area contributed by atoms with Crippen molar-refractivity contribution in [3.8, 4) is 5.75 Å². The molecule has 0 saturated heterocycles. The Morgan fingerprint density at radius 2 is 2.16 bits per heavy atom. The molecule has 0 unspecified atom stereocenters. The Morgan fingerprint density at radius 3 is 2.95 bits per heavy atom. The van der Waals surface area contributed by atoms with E-state index in [4.69, 9.17) is 4.74 Å². The standard InChI is InChI=1S/C14H16FN3O/c1-18-14-6-7-16-8-12(14)13(17-18)9-19-11-4-2-10(15)3-5-11/h2-5,16H,6-9H2,1H3. The van der Waals surface area contributed by atoms with Crippen molar-refractivity contribution in [2.24, 2.45) is 7.05 Å². The third-order valence-corrected chi connectivity index (χ3v) is 3.39. The molecule has 2 aromatic rings. The van der Waals surface area contributed by atoms with Crippen LogP contribution in [0.15, 0.2) is 24.3 Å². The summed E-state index contributed by atoms with van der Waals surface area (Å²) in [5, 5.41) is 7.84. The normalized spacial score (nSPS) is 14.2. The molecule has 0 fully saturated rings. The summed E-state index contributed by atoms with van der Waals surface area (Å²) in [6, 6.07) is 6.04. The Hall–Kier alpha value is -1.88. The van der Waals surface area contributed by atoms with Crippen LogP contribution in [0.1, 0.15) is 17.0 Å². The van der Waals surface area contributed by atoms with Gasteiger partial charge in [-0.25, -0.2) is 4.39 Å². The van der Waals surface area contributed by atoms with Gasteiger partial charge in [0, 0.05) is 37.8 Å². The molecule has 4 nitrogen and oxygen atoms in total. The monoisotopic (exact) mass is 261 g/mol. The summed E-state index contributed by atoms with van der Waals surface area (Å²) in [4.78, 5) is 0. The highest BCUT2D eigenvalue weighted by Gasteiger charge is 2.19. The molecule has 0 radical (unpaired) electrons. The van der Waals surface area contributed by atoms with Gasteiger partial charge >= 0.3 is 0 Å². The molecular formula is C14H16FN3O. The lowest BCUT2D eigenvalue weighted by Gasteiger charge is -2.14. The average Bonchev–Trinajstić information content (AvgIpc) is 2.76. The summed E-state index contributed by atoms with van der Waals surface area (Å²) < 4.78 is 20.4. The zero-order valence-electron chi connectivity index (χ0n) is 10.8. The Labute approximate surface area is 111 Å². The smallest absolute Gasteiger partial charge is 0.132 e. The van der Waals surface area contributed by atoms with E-state index < -0.39 is 0 Å². The number of benzene rings is 1. The predicted octanol–water partition coefficient (Wildman–Crippen LogP) is 1.78. The molecule has 1 aliphatic rings. The van der Waals surface area contributed by atoms with Gasteiger partial charge in [0.2, 0.25) is 0 Å². The zero-order valence-corrected chi connectivity index (χ0v) is 10.8. The maximum Gasteiger partial charge on any atom is 0.132 e. The van der Waals surface area contributed by atoms with Gasteiger partial charge in [0.15, 0.2) is 0 Å². The van der Waals surface area contributed by atoms with Crippen LogP contribution in [0.5, 0.6) is 5.75 Å². The number of nitrogens with one attached hydrogen (secondary N) is 1. The maximum atomic E-state index is 12.8. The molecule has 3 rings (SSSR count). The van der Waals surface area contributed by atoms with Crippen molar-refractivity contribution < 1.29 is 9.13 Å². The van der Waals surface area contributed by atoms with Gasteiger partial charge in [-0.1, -0.05) is 0 Å². The molecule has 1 N–H and O–H groups in total. The van der Waals surface area contributed by atoms with Crippen LogP contribution in [0.3, 0.4) is 0 Å². The van der Waals surface area contributed by atoms with Gasteiger partial charge < -0.3 is 10.1 Å². The van der Waals surface area contributed by atoms with Gasteiger partial charge in [0.1, 0.15) is 23.9 Å². The number of fused-ring (bicyclic) bond motifs is 1. The summed E-state index contributed by atoms with van der Waals surface area (Å²) in [6.07, 6.45) is 0.995. The summed E-state index contributed by atoms with van der Waals surface area (Å²) in [6.45, 7) is 2.24. The van der Waals surface area contributed by atoms with Crippen molar-refractivity contribution >= 4 is 0 Å². The first kappa shape index (κ1) is 12.2. The molecule has 1 aromatic carbocycles. The van der Waals surface area contributed by atoms with Gasteiger partial charge in [0.25, 0.3) is 0 Å². The summed E-state index contributed by atoms with van der Waals surface area (Å²) >= 11 is 0. The highest BCUT2D eigenvalue weighted by Crippen LogP contribution is 2.20. The first-order valence-corrected chi connectivity index (χ1v) is 6.37. The number of aromatic nitrogens is 2. The SMILES string of the molecule is Cn1nc(COc2ccc(F)cc2)c2c1CCNC2. The van der Waals surface area contributed by atoms with Crippen molar-refractivity contribution in [3.63, 3.8) is 0 Å². The average molecular weight is 261 g/mol. The number of ether oxygens (including phenoxy) is 1. The van der Waals surface area contributed by atoms with Gasteiger partial charge in [-0.3, -0.25) is 4.68 Å². The third-order valence-electron chi connectivity index (χ3n) is 3.39. The second kappa shape index (κ2) is 5.01. The third kappa shape index (κ3) is 2.46. The van der Waals surface area contributed by atoms with E-state index in [9.17, 15) is 4.39 Å². The first-order valence-electron chi connectivity index (χ1n) is 6.37. The minimum atomic E-state index is -0.258. The molecule has 1 aromatic heterocycles. The van der Waals surface area contributed by atoms with Crippen LogP contribution in [-0.2, 0) is 26.6 Å². The van der Waals surface area contributed by atoms with Crippen LogP contribution >= 0.6 is 0 Å². The van der Waals surface area contributed by atoms with Crippen molar-refractivity contribution in [1.82, 2.24) is 15.1 Å². The summed E-state index contributed by atoms with van der Waals surface area (Å²) in [7, 11) is 1.96. The fraction of sp³-hybridized carbons (Fsp3) is 0.357. The van der Waals surface area contributed by atoms with Gasteiger partial charge in [-0.05, 0) is 24.3 Å². The minimum absolute atomic E-state index is 0.258. The Kier molecular flexibility index (Phi) is 3.21. The molecule has 0 atom stereocenters.